The second-order valence-electron chi connectivity index (χ2n) is 6.57. The van der Waals surface area contributed by atoms with Crippen LogP contribution in [0, 0.1) is 0 Å². The summed E-state index contributed by atoms with van der Waals surface area (Å²) in [5, 5.41) is 0.597. The molecule has 5 nitrogen and oxygen atoms in total. The van der Waals surface area contributed by atoms with Gasteiger partial charge in [0.2, 0.25) is 6.79 Å². The largest absolute Gasteiger partial charge is 0.454 e. The van der Waals surface area contributed by atoms with Gasteiger partial charge in [-0.25, -0.2) is 0 Å². The van der Waals surface area contributed by atoms with Crippen molar-refractivity contribution in [2.45, 2.75) is 38.1 Å². The molecule has 0 N–H and O–H groups in total. The summed E-state index contributed by atoms with van der Waals surface area (Å²) in [6.07, 6.45) is 7.49. The van der Waals surface area contributed by atoms with E-state index < -0.39 is 0 Å². The van der Waals surface area contributed by atoms with E-state index in [0.717, 1.165) is 35.7 Å². The molecule has 2 heterocycles. The number of fused-ring (bicyclic) bond motifs is 1. The van der Waals surface area contributed by atoms with E-state index in [1.54, 1.807) is 4.90 Å². The molecule has 1 aliphatic carbocycles. The summed E-state index contributed by atoms with van der Waals surface area (Å²) in [4.78, 5) is 16.6. The van der Waals surface area contributed by atoms with E-state index >= 15 is 0 Å². The van der Waals surface area contributed by atoms with Gasteiger partial charge in [0.25, 0.3) is 5.91 Å². The van der Waals surface area contributed by atoms with Gasteiger partial charge in [0.15, 0.2) is 16.6 Å². The van der Waals surface area contributed by atoms with E-state index in [1.165, 1.54) is 6.42 Å². The van der Waals surface area contributed by atoms with Crippen LogP contribution in [0.3, 0.4) is 0 Å². The molecule has 132 valence electrons. The fourth-order valence-electron chi connectivity index (χ4n) is 3.63. The molecule has 4 rings (SSSR count). The SMILES string of the molecule is CN1C(=S)N(C2CCCCC2)C(=O)/C1=C/c1cc2c(cc1Br)OCO2. The summed E-state index contributed by atoms with van der Waals surface area (Å²) >= 11 is 9.11. The van der Waals surface area contributed by atoms with Crippen molar-refractivity contribution in [3.8, 4) is 11.5 Å². The number of likely N-dealkylation sites (N-methyl/N-ethyl adjacent to an activating group) is 1. The first-order valence-electron chi connectivity index (χ1n) is 8.48. The summed E-state index contributed by atoms with van der Waals surface area (Å²) in [7, 11) is 1.86. The van der Waals surface area contributed by atoms with Crippen LogP contribution in [0.1, 0.15) is 37.7 Å². The molecule has 0 bridgehead atoms. The van der Waals surface area contributed by atoms with Crippen molar-refractivity contribution in [3.63, 3.8) is 0 Å². The Morgan fingerprint density at radius 3 is 2.60 bits per heavy atom. The van der Waals surface area contributed by atoms with E-state index in [1.807, 2.05) is 30.2 Å². The number of ether oxygens (including phenoxy) is 2. The highest BCUT2D eigenvalue weighted by atomic mass is 79.9. The second kappa shape index (κ2) is 6.61. The molecule has 1 saturated heterocycles. The Morgan fingerprint density at radius 1 is 1.20 bits per heavy atom. The van der Waals surface area contributed by atoms with Crippen molar-refractivity contribution in [3.05, 3.63) is 27.9 Å². The zero-order valence-electron chi connectivity index (χ0n) is 14.0. The number of carbonyl (C=O) groups excluding carboxylic acids is 1. The van der Waals surface area contributed by atoms with Gasteiger partial charge in [0.1, 0.15) is 5.70 Å². The second-order valence-corrected chi connectivity index (χ2v) is 7.78. The summed E-state index contributed by atoms with van der Waals surface area (Å²) < 4.78 is 11.7. The zero-order valence-corrected chi connectivity index (χ0v) is 16.4. The highest BCUT2D eigenvalue weighted by Crippen LogP contribution is 2.38. The minimum Gasteiger partial charge on any atom is -0.454 e. The Kier molecular flexibility index (Phi) is 4.45. The Bertz CT molecular complexity index is 774. The minimum atomic E-state index is -0.0102. The number of rotatable bonds is 2. The first-order valence-corrected chi connectivity index (χ1v) is 9.68. The normalized spacial score (nSPS) is 22.4. The topological polar surface area (TPSA) is 42.0 Å². The van der Waals surface area contributed by atoms with Gasteiger partial charge in [-0.2, -0.15) is 0 Å². The van der Waals surface area contributed by atoms with Crippen LogP contribution < -0.4 is 9.47 Å². The number of hydrogen-bond donors (Lipinski definition) is 0. The van der Waals surface area contributed by atoms with Crippen LogP contribution in [0.15, 0.2) is 22.3 Å². The van der Waals surface area contributed by atoms with Gasteiger partial charge in [0.05, 0.1) is 0 Å². The molecule has 1 saturated carbocycles. The third-order valence-electron chi connectivity index (χ3n) is 5.02. The van der Waals surface area contributed by atoms with Gasteiger partial charge in [-0.15, -0.1) is 0 Å². The van der Waals surface area contributed by atoms with E-state index in [4.69, 9.17) is 21.7 Å². The van der Waals surface area contributed by atoms with Crippen LogP contribution in [0.4, 0.5) is 0 Å². The molecule has 0 atom stereocenters. The van der Waals surface area contributed by atoms with Gasteiger partial charge >= 0.3 is 0 Å². The average molecular weight is 423 g/mol. The molecule has 2 fully saturated rings. The summed E-state index contributed by atoms with van der Waals surface area (Å²) in [6.45, 7) is 0.222. The molecule has 1 aromatic rings. The van der Waals surface area contributed by atoms with Crippen LogP contribution in [0.2, 0.25) is 0 Å². The number of halogens is 1. The Hall–Kier alpha value is -1.60. The fraction of sp³-hybridized carbons (Fsp3) is 0.444. The van der Waals surface area contributed by atoms with E-state index in [9.17, 15) is 4.79 Å². The lowest BCUT2D eigenvalue weighted by Crippen LogP contribution is -2.41. The summed E-state index contributed by atoms with van der Waals surface area (Å²) in [5.74, 6) is 1.39. The first kappa shape index (κ1) is 16.8. The first-order chi connectivity index (χ1) is 12.1. The molecule has 25 heavy (non-hydrogen) atoms. The third kappa shape index (κ3) is 2.93. The highest BCUT2D eigenvalue weighted by molar-refractivity contribution is 9.10. The number of carbonyl (C=O) groups is 1. The number of nitrogens with zero attached hydrogens (tertiary/aromatic N) is 2. The monoisotopic (exact) mass is 422 g/mol. The molecular weight excluding hydrogens is 404 g/mol. The highest BCUT2D eigenvalue weighted by Gasteiger charge is 2.40. The predicted molar refractivity (Wildman–Crippen MR) is 102 cm³/mol. The maximum atomic E-state index is 13.0. The van der Waals surface area contributed by atoms with Crippen LogP contribution in [0.25, 0.3) is 6.08 Å². The lowest BCUT2D eigenvalue weighted by Gasteiger charge is -2.30. The molecule has 7 heteroatoms. The van der Waals surface area contributed by atoms with Crippen molar-refractivity contribution in [2.24, 2.45) is 0 Å². The molecular formula is C18H19BrN2O3S. The number of benzene rings is 1. The fourth-order valence-corrected chi connectivity index (χ4v) is 4.40. The molecule has 0 aromatic heterocycles. The number of thiocarbonyl (C=S) groups is 1. The van der Waals surface area contributed by atoms with Crippen molar-refractivity contribution in [1.82, 2.24) is 9.80 Å². The van der Waals surface area contributed by atoms with Gasteiger partial charge in [-0.3, -0.25) is 9.69 Å². The van der Waals surface area contributed by atoms with Crippen LogP contribution in [0.5, 0.6) is 11.5 Å². The van der Waals surface area contributed by atoms with Crippen LogP contribution in [-0.2, 0) is 4.79 Å². The molecule has 0 radical (unpaired) electrons. The lowest BCUT2D eigenvalue weighted by molar-refractivity contribution is -0.124. The van der Waals surface area contributed by atoms with E-state index in [0.29, 0.717) is 22.3 Å². The molecule has 3 aliphatic rings. The maximum Gasteiger partial charge on any atom is 0.277 e. The van der Waals surface area contributed by atoms with Crippen molar-refractivity contribution < 1.29 is 14.3 Å². The lowest BCUT2D eigenvalue weighted by atomic mass is 9.94. The molecule has 0 unspecified atom stereocenters. The van der Waals surface area contributed by atoms with Gasteiger partial charge in [-0.1, -0.05) is 35.2 Å². The quantitative estimate of drug-likeness (QED) is 0.533. The van der Waals surface area contributed by atoms with Crippen molar-refractivity contribution in [2.75, 3.05) is 13.8 Å². The summed E-state index contributed by atoms with van der Waals surface area (Å²) in [6, 6.07) is 3.97. The van der Waals surface area contributed by atoms with Crippen molar-refractivity contribution >= 4 is 45.2 Å². The molecule has 1 aromatic carbocycles. The molecule has 1 amide bonds. The standard InChI is InChI=1S/C18H19BrN2O3S/c1-20-14(7-11-8-15-16(9-13(11)19)24-10-23-15)17(22)21(18(20)25)12-5-3-2-4-6-12/h7-9,12H,2-6,10H2,1H3/b14-7-. The molecule has 2 aliphatic heterocycles. The van der Waals surface area contributed by atoms with E-state index in [-0.39, 0.29) is 18.7 Å². The third-order valence-corrected chi connectivity index (χ3v) is 6.17. The molecule has 0 spiro atoms. The van der Waals surface area contributed by atoms with Crippen LogP contribution >= 0.6 is 28.1 Å². The van der Waals surface area contributed by atoms with Crippen LogP contribution in [-0.4, -0.2) is 40.7 Å². The van der Waals surface area contributed by atoms with Gasteiger partial charge < -0.3 is 14.4 Å². The minimum absolute atomic E-state index is 0.0102. The Labute approximate surface area is 160 Å². The zero-order chi connectivity index (χ0) is 17.6. The van der Waals surface area contributed by atoms with Gasteiger partial charge in [0, 0.05) is 17.6 Å². The Balaban J connectivity index is 1.67. The number of amides is 1. The summed E-state index contributed by atoms with van der Waals surface area (Å²) in [5.41, 5.74) is 1.46. The number of hydrogen-bond acceptors (Lipinski definition) is 4. The van der Waals surface area contributed by atoms with E-state index in [2.05, 4.69) is 15.9 Å². The maximum absolute atomic E-state index is 13.0. The van der Waals surface area contributed by atoms with Crippen molar-refractivity contribution in [1.29, 1.82) is 0 Å². The smallest absolute Gasteiger partial charge is 0.277 e. The average Bonchev–Trinajstić information content (AvgIpc) is 3.14. The Morgan fingerprint density at radius 2 is 1.88 bits per heavy atom. The van der Waals surface area contributed by atoms with Gasteiger partial charge in [-0.05, 0) is 48.8 Å². The predicted octanol–water partition coefficient (Wildman–Crippen LogP) is 3.91.